The van der Waals surface area contributed by atoms with E-state index in [1.807, 2.05) is 0 Å². The fraction of sp³-hybridized carbons (Fsp3) is 0. The summed E-state index contributed by atoms with van der Waals surface area (Å²) in [7, 11) is 0. The van der Waals surface area contributed by atoms with Crippen molar-refractivity contribution < 1.29 is 9.85 Å². The standard InChI is InChI=1S/C10H6N2O4S/c13-11(14)9-6-8(10(17-9)12(15)16)7-4-2-1-3-5-7/h1-6H. The van der Waals surface area contributed by atoms with Crippen LogP contribution in [-0.2, 0) is 0 Å². The molecule has 0 bridgehead atoms. The summed E-state index contributed by atoms with van der Waals surface area (Å²) in [5.41, 5.74) is 0.885. The molecule has 6 nitrogen and oxygen atoms in total. The van der Waals surface area contributed by atoms with Gasteiger partial charge in [-0.05, 0) is 5.56 Å². The number of hydrogen-bond donors (Lipinski definition) is 0. The molecule has 0 aliphatic carbocycles. The Morgan fingerprint density at radius 3 is 2.18 bits per heavy atom. The van der Waals surface area contributed by atoms with Gasteiger partial charge < -0.3 is 0 Å². The zero-order chi connectivity index (χ0) is 12.4. The van der Waals surface area contributed by atoms with Crippen molar-refractivity contribution in [3.05, 3.63) is 56.6 Å². The van der Waals surface area contributed by atoms with Crippen molar-refractivity contribution in [1.82, 2.24) is 0 Å². The van der Waals surface area contributed by atoms with Crippen LogP contribution in [0.15, 0.2) is 36.4 Å². The molecular weight excluding hydrogens is 244 g/mol. The van der Waals surface area contributed by atoms with E-state index in [9.17, 15) is 20.2 Å². The van der Waals surface area contributed by atoms with Gasteiger partial charge in [0.05, 0.1) is 15.4 Å². The number of thiophene rings is 1. The predicted octanol–water partition coefficient (Wildman–Crippen LogP) is 3.23. The highest BCUT2D eigenvalue weighted by molar-refractivity contribution is 7.19. The minimum Gasteiger partial charge on any atom is -0.258 e. The molecule has 0 spiro atoms. The lowest BCUT2D eigenvalue weighted by atomic mass is 10.1. The molecule has 0 aliphatic heterocycles. The third-order valence-corrected chi connectivity index (χ3v) is 3.17. The van der Waals surface area contributed by atoms with Crippen LogP contribution in [0.2, 0.25) is 0 Å². The van der Waals surface area contributed by atoms with Crippen molar-refractivity contribution in [2.45, 2.75) is 0 Å². The Labute approximate surface area is 99.4 Å². The first-order valence-electron chi connectivity index (χ1n) is 4.57. The third kappa shape index (κ3) is 2.13. The molecule has 1 heterocycles. The van der Waals surface area contributed by atoms with Gasteiger partial charge in [-0.25, -0.2) is 0 Å². The average molecular weight is 250 g/mol. The van der Waals surface area contributed by atoms with Crippen molar-refractivity contribution in [3.8, 4) is 11.1 Å². The molecule has 0 aliphatic rings. The second kappa shape index (κ2) is 4.30. The van der Waals surface area contributed by atoms with Crippen LogP contribution in [0.3, 0.4) is 0 Å². The van der Waals surface area contributed by atoms with E-state index in [-0.39, 0.29) is 15.6 Å². The van der Waals surface area contributed by atoms with E-state index in [4.69, 9.17) is 0 Å². The Kier molecular flexibility index (Phi) is 2.84. The molecule has 0 N–H and O–H groups in total. The van der Waals surface area contributed by atoms with E-state index in [0.29, 0.717) is 16.9 Å². The van der Waals surface area contributed by atoms with Crippen LogP contribution in [0.5, 0.6) is 0 Å². The smallest absolute Gasteiger partial charge is 0.258 e. The zero-order valence-electron chi connectivity index (χ0n) is 8.40. The van der Waals surface area contributed by atoms with Crippen LogP contribution in [0, 0.1) is 20.2 Å². The van der Waals surface area contributed by atoms with Gasteiger partial charge in [-0.15, -0.1) is 0 Å². The Balaban J connectivity index is 2.60. The van der Waals surface area contributed by atoms with Gasteiger partial charge in [-0.3, -0.25) is 20.2 Å². The summed E-state index contributed by atoms with van der Waals surface area (Å²) in [4.78, 5) is 20.2. The maximum atomic E-state index is 10.8. The summed E-state index contributed by atoms with van der Waals surface area (Å²) in [6.07, 6.45) is 0. The van der Waals surface area contributed by atoms with Gasteiger partial charge >= 0.3 is 10.0 Å². The van der Waals surface area contributed by atoms with Crippen LogP contribution in [0.25, 0.3) is 11.1 Å². The molecule has 17 heavy (non-hydrogen) atoms. The van der Waals surface area contributed by atoms with E-state index in [1.165, 1.54) is 6.07 Å². The summed E-state index contributed by atoms with van der Waals surface area (Å²) in [5, 5.41) is 21.0. The molecule has 0 saturated carbocycles. The lowest BCUT2D eigenvalue weighted by molar-refractivity contribution is -0.382. The molecule has 2 aromatic rings. The lowest BCUT2D eigenvalue weighted by Gasteiger charge is -1.95. The van der Waals surface area contributed by atoms with E-state index < -0.39 is 9.85 Å². The number of nitrogens with zero attached hydrogens (tertiary/aromatic N) is 2. The van der Waals surface area contributed by atoms with Gasteiger partial charge in [0.15, 0.2) is 0 Å². The number of rotatable bonds is 3. The number of hydrogen-bond acceptors (Lipinski definition) is 5. The summed E-state index contributed by atoms with van der Waals surface area (Å²) in [6, 6.07) is 9.82. The van der Waals surface area contributed by atoms with Crippen LogP contribution in [0.1, 0.15) is 0 Å². The quantitative estimate of drug-likeness (QED) is 0.618. The minimum atomic E-state index is -0.621. The highest BCUT2D eigenvalue weighted by Gasteiger charge is 2.25. The molecule has 86 valence electrons. The molecule has 0 saturated heterocycles. The summed E-state index contributed by atoms with van der Waals surface area (Å²) in [5.74, 6) is 0. The van der Waals surface area contributed by atoms with Crippen molar-refractivity contribution in [2.24, 2.45) is 0 Å². The molecule has 0 atom stereocenters. The second-order valence-electron chi connectivity index (χ2n) is 3.18. The highest BCUT2D eigenvalue weighted by Crippen LogP contribution is 2.41. The topological polar surface area (TPSA) is 86.3 Å². The van der Waals surface area contributed by atoms with Crippen LogP contribution >= 0.6 is 11.3 Å². The van der Waals surface area contributed by atoms with Crippen LogP contribution in [0.4, 0.5) is 10.0 Å². The highest BCUT2D eigenvalue weighted by atomic mass is 32.1. The lowest BCUT2D eigenvalue weighted by Crippen LogP contribution is -1.86. The van der Waals surface area contributed by atoms with Crippen molar-refractivity contribution in [3.63, 3.8) is 0 Å². The van der Waals surface area contributed by atoms with E-state index in [2.05, 4.69) is 0 Å². The second-order valence-corrected chi connectivity index (χ2v) is 4.19. The summed E-state index contributed by atoms with van der Waals surface area (Å²) >= 11 is 0.572. The fourth-order valence-corrected chi connectivity index (χ4v) is 2.23. The molecule has 0 unspecified atom stereocenters. The normalized spacial score (nSPS) is 10.1. The largest absolute Gasteiger partial charge is 0.338 e. The number of nitro groups is 2. The summed E-state index contributed by atoms with van der Waals surface area (Å²) in [6.45, 7) is 0. The van der Waals surface area contributed by atoms with Crippen molar-refractivity contribution in [1.29, 1.82) is 0 Å². The van der Waals surface area contributed by atoms with Crippen molar-refractivity contribution in [2.75, 3.05) is 0 Å². The number of benzene rings is 1. The molecular formula is C10H6N2O4S. The Morgan fingerprint density at radius 1 is 1.00 bits per heavy atom. The molecule has 2 rings (SSSR count). The first kappa shape index (κ1) is 11.2. The van der Waals surface area contributed by atoms with E-state index in [1.54, 1.807) is 30.3 Å². The van der Waals surface area contributed by atoms with Crippen molar-refractivity contribution >= 4 is 21.3 Å². The van der Waals surface area contributed by atoms with Gasteiger partial charge in [-0.1, -0.05) is 30.3 Å². The van der Waals surface area contributed by atoms with Gasteiger partial charge in [0.1, 0.15) is 0 Å². The molecule has 1 aromatic carbocycles. The van der Waals surface area contributed by atoms with Gasteiger partial charge in [0.25, 0.3) is 0 Å². The Morgan fingerprint density at radius 2 is 1.65 bits per heavy atom. The Hall–Kier alpha value is -2.28. The SMILES string of the molecule is O=[N+]([O-])c1cc(-c2ccccc2)c([N+](=O)[O-])s1. The van der Waals surface area contributed by atoms with E-state index >= 15 is 0 Å². The fourth-order valence-electron chi connectivity index (χ4n) is 1.42. The first-order valence-corrected chi connectivity index (χ1v) is 5.39. The minimum absolute atomic E-state index is 0.206. The molecule has 0 radical (unpaired) electrons. The van der Waals surface area contributed by atoms with Gasteiger partial charge in [0, 0.05) is 17.4 Å². The molecule has 0 fully saturated rings. The van der Waals surface area contributed by atoms with E-state index in [0.717, 1.165) is 0 Å². The summed E-state index contributed by atoms with van der Waals surface area (Å²) < 4.78 is 0. The zero-order valence-corrected chi connectivity index (χ0v) is 9.22. The average Bonchev–Trinajstić information content (AvgIpc) is 2.75. The maximum absolute atomic E-state index is 10.8. The maximum Gasteiger partial charge on any atom is 0.338 e. The molecule has 7 heteroatoms. The van der Waals surface area contributed by atoms with Gasteiger partial charge in [-0.2, -0.15) is 0 Å². The predicted molar refractivity (Wildman–Crippen MR) is 63.1 cm³/mol. The first-order chi connectivity index (χ1) is 8.09. The third-order valence-electron chi connectivity index (χ3n) is 2.13. The van der Waals surface area contributed by atoms with Crippen LogP contribution < -0.4 is 0 Å². The molecule has 0 amide bonds. The monoisotopic (exact) mass is 250 g/mol. The van der Waals surface area contributed by atoms with Gasteiger partial charge in [0.2, 0.25) is 0 Å². The Bertz CT molecular complexity index is 579. The molecule has 1 aromatic heterocycles. The van der Waals surface area contributed by atoms with Crippen LogP contribution in [-0.4, -0.2) is 9.85 Å².